The number of anilines is 2. The summed E-state index contributed by atoms with van der Waals surface area (Å²) >= 11 is 0. The molecule has 1 aliphatic heterocycles. The highest BCUT2D eigenvalue weighted by atomic mass is 16.6. The molecule has 11 heteroatoms. The molecule has 3 aromatic heterocycles. The van der Waals surface area contributed by atoms with Crippen LogP contribution in [-0.4, -0.2) is 61.5 Å². The maximum Gasteiger partial charge on any atom is 0.411 e. The zero-order valence-electron chi connectivity index (χ0n) is 24.7. The summed E-state index contributed by atoms with van der Waals surface area (Å²) in [6, 6.07) is 1.90. The second kappa shape index (κ2) is 10.8. The van der Waals surface area contributed by atoms with Crippen LogP contribution in [0.15, 0.2) is 29.5 Å². The highest BCUT2D eigenvalue weighted by Crippen LogP contribution is 2.34. The van der Waals surface area contributed by atoms with E-state index in [-0.39, 0.29) is 29.0 Å². The van der Waals surface area contributed by atoms with Gasteiger partial charge in [0.2, 0.25) is 0 Å². The van der Waals surface area contributed by atoms with Crippen molar-refractivity contribution in [3.8, 4) is 0 Å². The fourth-order valence-electron chi connectivity index (χ4n) is 5.97. The normalized spacial score (nSPS) is 19.9. The molecule has 0 radical (unpaired) electrons. The molecule has 1 amide bonds. The van der Waals surface area contributed by atoms with Gasteiger partial charge in [0.25, 0.3) is 5.56 Å². The summed E-state index contributed by atoms with van der Waals surface area (Å²) in [6.45, 7) is 12.4. The van der Waals surface area contributed by atoms with Crippen molar-refractivity contribution in [3.63, 3.8) is 0 Å². The van der Waals surface area contributed by atoms with Crippen LogP contribution in [-0.2, 0) is 10.3 Å². The van der Waals surface area contributed by atoms with Gasteiger partial charge < -0.3 is 19.9 Å². The van der Waals surface area contributed by atoms with E-state index in [1.807, 2.05) is 33.8 Å². The highest BCUT2D eigenvalue weighted by Gasteiger charge is 2.42. The third-order valence-electron chi connectivity index (χ3n) is 8.05. The standard InChI is InChI=1S/C30H39N7O4/c1-18-21-14-33-24(13-22(21)37(20-9-7-8-10-20)27(39)26(18)19(2)38)35-25-16-32-23(15-34-25)30(6)17-31-11-12-36(30)28(40)41-29(3,4)5/h13-16,20,31H,7-12,17H2,1-6H3,(H,33,34,35). The number of ether oxygens (including phenoxy) is 1. The largest absolute Gasteiger partial charge is 0.444 e. The van der Waals surface area contributed by atoms with E-state index < -0.39 is 11.1 Å². The minimum atomic E-state index is -0.739. The van der Waals surface area contributed by atoms with Crippen molar-refractivity contribution in [1.82, 2.24) is 29.7 Å². The molecule has 2 N–H and O–H groups in total. The van der Waals surface area contributed by atoms with Gasteiger partial charge in [0.1, 0.15) is 17.2 Å². The first-order valence-corrected chi connectivity index (χ1v) is 14.3. The van der Waals surface area contributed by atoms with Gasteiger partial charge in [-0.1, -0.05) is 12.8 Å². The molecule has 0 spiro atoms. The quantitative estimate of drug-likeness (QED) is 0.429. The fourth-order valence-corrected chi connectivity index (χ4v) is 5.97. The second-order valence-corrected chi connectivity index (χ2v) is 12.3. The van der Waals surface area contributed by atoms with Gasteiger partial charge in [0.15, 0.2) is 5.78 Å². The Morgan fingerprint density at radius 2 is 1.80 bits per heavy atom. The van der Waals surface area contributed by atoms with Gasteiger partial charge in [-0.3, -0.25) is 19.5 Å². The summed E-state index contributed by atoms with van der Waals surface area (Å²) in [7, 11) is 0. The lowest BCUT2D eigenvalue weighted by atomic mass is 9.93. The van der Waals surface area contributed by atoms with Crippen LogP contribution in [0.4, 0.5) is 16.4 Å². The zero-order chi connectivity index (χ0) is 29.5. The molecule has 2 aliphatic rings. The Morgan fingerprint density at radius 1 is 1.10 bits per heavy atom. The molecule has 3 aromatic rings. The van der Waals surface area contributed by atoms with Crippen molar-refractivity contribution in [3.05, 3.63) is 51.8 Å². The molecule has 11 nitrogen and oxygen atoms in total. The van der Waals surface area contributed by atoms with E-state index in [1.165, 1.54) is 6.92 Å². The molecule has 0 aromatic carbocycles. The number of hydrogen-bond donors (Lipinski definition) is 2. The molecule has 1 saturated carbocycles. The third-order valence-corrected chi connectivity index (χ3v) is 8.05. The van der Waals surface area contributed by atoms with Crippen molar-refractivity contribution in [2.75, 3.05) is 25.0 Å². The smallest absolute Gasteiger partial charge is 0.411 e. The van der Waals surface area contributed by atoms with Crippen LogP contribution in [0.1, 0.15) is 88.0 Å². The average molecular weight is 562 g/mol. The summed E-state index contributed by atoms with van der Waals surface area (Å²) in [5.74, 6) is 0.760. The van der Waals surface area contributed by atoms with Crippen molar-refractivity contribution in [2.24, 2.45) is 0 Å². The molecule has 5 rings (SSSR count). The molecule has 1 aliphatic carbocycles. The van der Waals surface area contributed by atoms with Gasteiger partial charge in [0, 0.05) is 43.3 Å². The predicted molar refractivity (Wildman–Crippen MR) is 157 cm³/mol. The number of aryl methyl sites for hydroxylation is 1. The van der Waals surface area contributed by atoms with Gasteiger partial charge in [0.05, 0.1) is 34.7 Å². The Hall–Kier alpha value is -3.86. The summed E-state index contributed by atoms with van der Waals surface area (Å²) in [6.07, 6.45) is 8.51. The number of rotatable bonds is 5. The Balaban J connectivity index is 1.45. The first-order valence-electron chi connectivity index (χ1n) is 14.3. The molecule has 0 bridgehead atoms. The van der Waals surface area contributed by atoms with Crippen molar-refractivity contribution >= 4 is 34.4 Å². The number of aromatic nitrogens is 4. The van der Waals surface area contributed by atoms with Gasteiger partial charge in [-0.25, -0.2) is 14.8 Å². The summed E-state index contributed by atoms with van der Waals surface area (Å²) < 4.78 is 7.45. The second-order valence-electron chi connectivity index (χ2n) is 12.3. The maximum absolute atomic E-state index is 13.5. The highest BCUT2D eigenvalue weighted by molar-refractivity contribution is 6.00. The maximum atomic E-state index is 13.5. The van der Waals surface area contributed by atoms with Crippen LogP contribution in [0, 0.1) is 6.92 Å². The summed E-state index contributed by atoms with van der Waals surface area (Å²) in [5.41, 5.74) is 0.689. The van der Waals surface area contributed by atoms with Crippen LogP contribution >= 0.6 is 0 Å². The van der Waals surface area contributed by atoms with E-state index in [2.05, 4.69) is 25.6 Å². The van der Waals surface area contributed by atoms with Crippen molar-refractivity contribution in [2.45, 2.75) is 84.4 Å². The zero-order valence-corrected chi connectivity index (χ0v) is 24.7. The summed E-state index contributed by atoms with van der Waals surface area (Å²) in [5, 5.41) is 7.35. The summed E-state index contributed by atoms with van der Waals surface area (Å²) in [4.78, 5) is 54.4. The number of nitrogens with one attached hydrogen (secondary N) is 2. The molecular weight excluding hydrogens is 522 g/mol. The number of hydrogen-bond acceptors (Lipinski definition) is 9. The molecule has 4 heterocycles. The van der Waals surface area contributed by atoms with Crippen LogP contribution in [0.3, 0.4) is 0 Å². The van der Waals surface area contributed by atoms with Crippen LogP contribution in [0.2, 0.25) is 0 Å². The minimum Gasteiger partial charge on any atom is -0.444 e. The number of piperazine rings is 1. The molecule has 1 unspecified atom stereocenters. The van der Waals surface area contributed by atoms with E-state index >= 15 is 0 Å². The SMILES string of the molecule is CC(=O)c1c(C)c2cnc(Nc3cnc(C4(C)CNCCN4C(=O)OC(C)(C)C)cn3)cc2n(C2CCCC2)c1=O. The third kappa shape index (κ3) is 5.55. The van der Waals surface area contributed by atoms with Crippen molar-refractivity contribution < 1.29 is 14.3 Å². The predicted octanol–water partition coefficient (Wildman–Crippen LogP) is 4.61. The van der Waals surface area contributed by atoms with E-state index in [4.69, 9.17) is 4.74 Å². The number of ketones is 1. The molecule has 1 saturated heterocycles. The molecule has 41 heavy (non-hydrogen) atoms. The number of fused-ring (bicyclic) bond motifs is 1. The number of carbonyl (C=O) groups excluding carboxylic acids is 2. The Labute approximate surface area is 239 Å². The minimum absolute atomic E-state index is 0.0517. The number of carbonyl (C=O) groups is 2. The topological polar surface area (TPSA) is 131 Å². The molecule has 1 atom stereocenters. The van der Waals surface area contributed by atoms with Crippen LogP contribution in [0.5, 0.6) is 0 Å². The Morgan fingerprint density at radius 3 is 2.44 bits per heavy atom. The van der Waals surface area contributed by atoms with Gasteiger partial charge >= 0.3 is 6.09 Å². The van der Waals surface area contributed by atoms with Crippen LogP contribution < -0.4 is 16.2 Å². The lowest BCUT2D eigenvalue weighted by molar-refractivity contribution is -0.00929. The number of amides is 1. The Kier molecular flexibility index (Phi) is 7.58. The average Bonchev–Trinajstić information content (AvgIpc) is 3.42. The molecule has 2 fully saturated rings. The van der Waals surface area contributed by atoms with E-state index in [0.717, 1.165) is 36.6 Å². The van der Waals surface area contributed by atoms with Gasteiger partial charge in [-0.15, -0.1) is 0 Å². The van der Waals surface area contributed by atoms with Crippen molar-refractivity contribution in [1.29, 1.82) is 0 Å². The lowest BCUT2D eigenvalue weighted by Gasteiger charge is -2.44. The monoisotopic (exact) mass is 561 g/mol. The van der Waals surface area contributed by atoms with E-state index in [0.29, 0.717) is 42.5 Å². The van der Waals surface area contributed by atoms with Gasteiger partial charge in [-0.2, -0.15) is 0 Å². The first-order chi connectivity index (χ1) is 19.4. The Bertz CT molecular complexity index is 1540. The first kappa shape index (κ1) is 28.7. The number of pyridine rings is 2. The van der Waals surface area contributed by atoms with Gasteiger partial charge in [-0.05, 0) is 59.9 Å². The number of Topliss-reactive ketones (excluding diaryl/α,β-unsaturated/α-hetero) is 1. The van der Waals surface area contributed by atoms with Crippen LogP contribution in [0.25, 0.3) is 10.9 Å². The number of nitrogens with zero attached hydrogens (tertiary/aromatic N) is 5. The molecule has 218 valence electrons. The molecular formula is C30H39N7O4. The van der Waals surface area contributed by atoms with E-state index in [9.17, 15) is 14.4 Å². The lowest BCUT2D eigenvalue weighted by Crippen LogP contribution is -2.60. The van der Waals surface area contributed by atoms with E-state index in [1.54, 1.807) is 35.0 Å². The fraction of sp³-hybridized carbons (Fsp3) is 0.533.